The number of carbonyl (C=O) groups is 1. The number of carbonyl (C=O) groups excluding carboxylic acids is 1. The van der Waals surface area contributed by atoms with Crippen LogP contribution in [0.1, 0.15) is 10.5 Å². The Hall–Kier alpha value is -2.55. The minimum Gasteiger partial charge on any atom is -0.396 e. The summed E-state index contributed by atoms with van der Waals surface area (Å²) in [5, 5.41) is 0. The first-order chi connectivity index (χ1) is 9.70. The van der Waals surface area contributed by atoms with E-state index in [9.17, 15) is 17.6 Å². The highest BCUT2D eigenvalue weighted by atomic mass is 32.2. The van der Waals surface area contributed by atoms with Gasteiger partial charge in [0.2, 0.25) is 0 Å². The molecule has 112 valence electrons. The summed E-state index contributed by atoms with van der Waals surface area (Å²) >= 11 is 0. The number of nitrogens with zero attached hydrogens (tertiary/aromatic N) is 1. The van der Waals surface area contributed by atoms with Crippen molar-refractivity contribution in [2.45, 2.75) is 4.90 Å². The Balaban J connectivity index is 2.36. The van der Waals surface area contributed by atoms with Crippen molar-refractivity contribution in [2.75, 3.05) is 10.5 Å². The molecule has 0 aliphatic heterocycles. The van der Waals surface area contributed by atoms with Crippen LogP contribution in [0.5, 0.6) is 0 Å². The van der Waals surface area contributed by atoms with Crippen LogP contribution >= 0.6 is 0 Å². The summed E-state index contributed by atoms with van der Waals surface area (Å²) in [6, 6.07) is 4.59. The maximum absolute atomic E-state index is 13.0. The average molecular weight is 312 g/mol. The lowest BCUT2D eigenvalue weighted by atomic mass is 10.3. The largest absolute Gasteiger partial charge is 0.396 e. The Kier molecular flexibility index (Phi) is 3.60. The first-order valence-corrected chi connectivity index (χ1v) is 7.23. The van der Waals surface area contributed by atoms with Gasteiger partial charge in [-0.05, 0) is 24.3 Å². The molecular weight excluding hydrogens is 299 g/mol. The zero-order valence-electron chi connectivity index (χ0n) is 11.0. The van der Waals surface area contributed by atoms with E-state index in [1.165, 1.54) is 23.9 Å². The van der Waals surface area contributed by atoms with Crippen molar-refractivity contribution in [1.82, 2.24) is 4.57 Å². The van der Waals surface area contributed by atoms with Crippen LogP contribution in [0.4, 0.5) is 15.8 Å². The van der Waals surface area contributed by atoms with Crippen LogP contribution in [-0.4, -0.2) is 18.9 Å². The number of hydrogen-bond acceptors (Lipinski definition) is 4. The molecule has 1 amide bonds. The number of aromatic nitrogens is 1. The van der Waals surface area contributed by atoms with Crippen LogP contribution in [0.15, 0.2) is 35.4 Å². The minimum atomic E-state index is -3.93. The third-order valence-corrected chi connectivity index (χ3v) is 4.14. The molecule has 5 N–H and O–H groups in total. The lowest BCUT2D eigenvalue weighted by Crippen LogP contribution is -2.14. The number of rotatable bonds is 4. The van der Waals surface area contributed by atoms with Crippen molar-refractivity contribution < 1.29 is 17.6 Å². The van der Waals surface area contributed by atoms with Gasteiger partial charge in [0.05, 0.1) is 11.4 Å². The molecule has 1 heterocycles. The van der Waals surface area contributed by atoms with Crippen molar-refractivity contribution in [3.63, 3.8) is 0 Å². The normalized spacial score (nSPS) is 11.3. The van der Waals surface area contributed by atoms with Crippen LogP contribution in [0.2, 0.25) is 0 Å². The van der Waals surface area contributed by atoms with Crippen LogP contribution < -0.4 is 16.2 Å². The number of anilines is 2. The summed E-state index contributed by atoms with van der Waals surface area (Å²) in [6.07, 6.45) is 1.25. The predicted molar refractivity (Wildman–Crippen MR) is 75.6 cm³/mol. The molecule has 0 atom stereocenters. The number of hydrogen-bond donors (Lipinski definition) is 3. The predicted octanol–water partition coefficient (Wildman–Crippen LogP) is 0.646. The topological polar surface area (TPSA) is 120 Å². The average Bonchev–Trinajstić information content (AvgIpc) is 2.77. The number of sulfonamides is 1. The quantitative estimate of drug-likeness (QED) is 0.718. The summed E-state index contributed by atoms with van der Waals surface area (Å²) in [5.74, 6) is -1.39. The second-order valence-electron chi connectivity index (χ2n) is 4.38. The highest BCUT2D eigenvalue weighted by molar-refractivity contribution is 7.92. The van der Waals surface area contributed by atoms with E-state index < -0.39 is 21.7 Å². The Labute approximate surface area is 120 Å². The van der Waals surface area contributed by atoms with Crippen LogP contribution in [0, 0.1) is 5.82 Å². The summed E-state index contributed by atoms with van der Waals surface area (Å²) < 4.78 is 40.9. The van der Waals surface area contributed by atoms with Crippen molar-refractivity contribution in [3.8, 4) is 0 Å². The highest BCUT2D eigenvalue weighted by Crippen LogP contribution is 2.21. The van der Waals surface area contributed by atoms with Crippen LogP contribution in [-0.2, 0) is 17.1 Å². The van der Waals surface area contributed by atoms with Gasteiger partial charge in [-0.2, -0.15) is 0 Å². The van der Waals surface area contributed by atoms with E-state index in [0.29, 0.717) is 0 Å². The molecule has 1 aromatic heterocycles. The third kappa shape index (κ3) is 2.97. The molecular formula is C12H13FN4O3S. The minimum absolute atomic E-state index is 0.0500. The molecule has 0 saturated carbocycles. The number of nitrogens with one attached hydrogen (secondary N) is 1. The first kappa shape index (κ1) is 14.9. The maximum atomic E-state index is 13.0. The smallest absolute Gasteiger partial charge is 0.265 e. The Morgan fingerprint density at radius 1 is 1.33 bits per heavy atom. The number of amides is 1. The Morgan fingerprint density at radius 3 is 2.52 bits per heavy atom. The van der Waals surface area contributed by atoms with Gasteiger partial charge in [0.25, 0.3) is 15.9 Å². The summed E-state index contributed by atoms with van der Waals surface area (Å²) in [4.78, 5) is 11.0. The molecule has 9 heteroatoms. The van der Waals surface area contributed by atoms with Crippen molar-refractivity contribution in [1.29, 1.82) is 0 Å². The lowest BCUT2D eigenvalue weighted by molar-refractivity contribution is 0.0992. The number of primary amides is 1. The fourth-order valence-corrected chi connectivity index (χ4v) is 2.87. The Bertz CT molecular complexity index is 814. The maximum Gasteiger partial charge on any atom is 0.265 e. The van der Waals surface area contributed by atoms with Gasteiger partial charge in [0.1, 0.15) is 16.4 Å². The molecule has 0 bridgehead atoms. The number of halogens is 1. The van der Waals surface area contributed by atoms with Crippen molar-refractivity contribution >= 4 is 27.3 Å². The second-order valence-corrected chi connectivity index (χ2v) is 6.06. The van der Waals surface area contributed by atoms with Crippen molar-refractivity contribution in [2.24, 2.45) is 12.8 Å². The van der Waals surface area contributed by atoms with Crippen LogP contribution in [0.3, 0.4) is 0 Å². The van der Waals surface area contributed by atoms with Gasteiger partial charge < -0.3 is 16.0 Å². The van der Waals surface area contributed by atoms with E-state index in [4.69, 9.17) is 11.5 Å². The second kappa shape index (κ2) is 5.09. The van der Waals surface area contributed by atoms with Crippen molar-refractivity contribution in [3.05, 3.63) is 42.0 Å². The molecule has 21 heavy (non-hydrogen) atoms. The molecule has 1 aromatic carbocycles. The molecule has 2 rings (SSSR count). The summed E-state index contributed by atoms with van der Waals surface area (Å²) in [6.45, 7) is 0. The molecule has 0 fully saturated rings. The summed E-state index contributed by atoms with van der Waals surface area (Å²) in [7, 11) is -2.44. The van der Waals surface area contributed by atoms with E-state index in [1.807, 2.05) is 0 Å². The summed E-state index contributed by atoms with van der Waals surface area (Å²) in [5.41, 5.74) is 10.5. The van der Waals surface area contributed by atoms with Gasteiger partial charge in [-0.1, -0.05) is 0 Å². The number of nitrogens with two attached hydrogens (primary N) is 2. The SMILES string of the molecule is Cn1cc(S(=O)(=O)Nc2ccc(F)c(N)c2)cc1C(N)=O. The fraction of sp³-hybridized carbons (Fsp3) is 0.0833. The lowest BCUT2D eigenvalue weighted by Gasteiger charge is -2.07. The molecule has 2 aromatic rings. The number of aryl methyl sites for hydroxylation is 1. The monoisotopic (exact) mass is 312 g/mol. The van der Waals surface area contributed by atoms with Gasteiger partial charge in [0, 0.05) is 13.2 Å². The molecule has 0 spiro atoms. The zero-order chi connectivity index (χ0) is 15.8. The van der Waals surface area contributed by atoms with Gasteiger partial charge in [-0.15, -0.1) is 0 Å². The molecule has 0 saturated heterocycles. The Morgan fingerprint density at radius 2 is 2.00 bits per heavy atom. The van der Waals surface area contributed by atoms with Gasteiger partial charge in [0.15, 0.2) is 0 Å². The fourth-order valence-electron chi connectivity index (χ4n) is 1.75. The highest BCUT2D eigenvalue weighted by Gasteiger charge is 2.19. The van der Waals surface area contributed by atoms with E-state index in [2.05, 4.69) is 4.72 Å². The molecule has 0 aliphatic carbocycles. The number of benzene rings is 1. The van der Waals surface area contributed by atoms with Gasteiger partial charge in [-0.3, -0.25) is 9.52 Å². The first-order valence-electron chi connectivity index (χ1n) is 5.75. The van der Waals surface area contributed by atoms with E-state index in [0.717, 1.165) is 18.2 Å². The number of nitrogen functional groups attached to an aromatic ring is 1. The third-order valence-electron chi connectivity index (χ3n) is 2.79. The molecule has 0 aliphatic rings. The van der Waals surface area contributed by atoms with E-state index in [1.54, 1.807) is 0 Å². The molecule has 0 radical (unpaired) electrons. The van der Waals surface area contributed by atoms with E-state index >= 15 is 0 Å². The molecule has 7 nitrogen and oxygen atoms in total. The van der Waals surface area contributed by atoms with Gasteiger partial charge >= 0.3 is 0 Å². The van der Waals surface area contributed by atoms with Crippen LogP contribution in [0.25, 0.3) is 0 Å². The zero-order valence-corrected chi connectivity index (χ0v) is 11.8. The van der Waals surface area contributed by atoms with E-state index in [-0.39, 0.29) is 22.0 Å². The van der Waals surface area contributed by atoms with Gasteiger partial charge in [-0.25, -0.2) is 12.8 Å². The standard InChI is InChI=1S/C12H13FN4O3S/c1-17-6-8(5-11(17)12(15)18)21(19,20)16-7-2-3-9(13)10(14)4-7/h2-6,16H,14H2,1H3,(H2,15,18). The molecule has 0 unspecified atom stereocenters.